The largest absolute Gasteiger partial charge is 0.365 e. The lowest BCUT2D eigenvalue weighted by molar-refractivity contribution is 0.865. The molecule has 0 aliphatic carbocycles. The number of benzene rings is 1. The van der Waals surface area contributed by atoms with Crippen LogP contribution in [-0.4, -0.2) is 4.98 Å². The minimum atomic E-state index is 0.544. The van der Waals surface area contributed by atoms with Gasteiger partial charge in [0, 0.05) is 12.7 Å². The normalized spacial score (nSPS) is 10.2. The summed E-state index contributed by atoms with van der Waals surface area (Å²) in [5, 5.41) is 12.2. The van der Waals surface area contributed by atoms with Crippen LogP contribution < -0.4 is 5.32 Å². The van der Waals surface area contributed by atoms with Crippen LogP contribution in [-0.2, 0) is 6.54 Å². The van der Waals surface area contributed by atoms with Crippen LogP contribution in [0.2, 0.25) is 0 Å². The predicted molar refractivity (Wildman–Crippen MR) is 76.8 cm³/mol. The summed E-state index contributed by atoms with van der Waals surface area (Å²) in [4.78, 5) is 4.18. The van der Waals surface area contributed by atoms with E-state index in [1.807, 2.05) is 0 Å². The second kappa shape index (κ2) is 6.01. The lowest BCUT2D eigenvalue weighted by Crippen LogP contribution is -2.03. The van der Waals surface area contributed by atoms with E-state index in [2.05, 4.69) is 54.5 Å². The number of nitrogens with one attached hydrogen (secondary N) is 1. The smallest absolute Gasteiger partial charge is 0.144 e. The van der Waals surface area contributed by atoms with Crippen molar-refractivity contribution < 1.29 is 0 Å². The van der Waals surface area contributed by atoms with Gasteiger partial charge >= 0.3 is 0 Å². The van der Waals surface area contributed by atoms with Gasteiger partial charge in [-0.1, -0.05) is 38.1 Å². The Morgan fingerprint density at radius 1 is 1.21 bits per heavy atom. The van der Waals surface area contributed by atoms with Gasteiger partial charge in [-0.2, -0.15) is 5.26 Å². The first kappa shape index (κ1) is 13.1. The molecule has 0 atom stereocenters. The molecule has 96 valence electrons. The lowest BCUT2D eigenvalue weighted by Gasteiger charge is -2.09. The molecule has 1 heterocycles. The van der Waals surface area contributed by atoms with E-state index in [-0.39, 0.29) is 0 Å². The van der Waals surface area contributed by atoms with Crippen molar-refractivity contribution in [2.75, 3.05) is 5.32 Å². The minimum Gasteiger partial charge on any atom is -0.365 e. The summed E-state index contributed by atoms with van der Waals surface area (Å²) in [6.07, 6.45) is 1.69. The third kappa shape index (κ3) is 3.32. The van der Waals surface area contributed by atoms with E-state index in [9.17, 15) is 0 Å². The van der Waals surface area contributed by atoms with Gasteiger partial charge in [-0.25, -0.2) is 4.98 Å². The van der Waals surface area contributed by atoms with Gasteiger partial charge in [0.2, 0.25) is 0 Å². The first-order valence-corrected chi connectivity index (χ1v) is 6.38. The molecule has 0 fully saturated rings. The highest BCUT2D eigenvalue weighted by atomic mass is 15.0. The Balaban J connectivity index is 2.04. The number of nitriles is 1. The van der Waals surface area contributed by atoms with Crippen LogP contribution in [0.5, 0.6) is 0 Å². The molecule has 0 spiro atoms. The van der Waals surface area contributed by atoms with Crippen molar-refractivity contribution in [3.05, 3.63) is 59.3 Å². The van der Waals surface area contributed by atoms with Crippen molar-refractivity contribution in [1.82, 2.24) is 4.98 Å². The zero-order chi connectivity index (χ0) is 13.7. The van der Waals surface area contributed by atoms with Gasteiger partial charge in [0.15, 0.2) is 0 Å². The van der Waals surface area contributed by atoms with Crippen molar-refractivity contribution in [3.63, 3.8) is 0 Å². The van der Waals surface area contributed by atoms with Crippen LogP contribution in [0.25, 0.3) is 0 Å². The topological polar surface area (TPSA) is 48.7 Å². The first-order chi connectivity index (χ1) is 9.20. The molecule has 0 saturated carbocycles. The van der Waals surface area contributed by atoms with E-state index in [0.717, 1.165) is 0 Å². The number of hydrogen-bond donors (Lipinski definition) is 1. The fraction of sp³-hybridized carbons (Fsp3) is 0.250. The molecule has 1 aromatic carbocycles. The van der Waals surface area contributed by atoms with Gasteiger partial charge in [-0.15, -0.1) is 0 Å². The van der Waals surface area contributed by atoms with E-state index in [1.165, 1.54) is 11.1 Å². The summed E-state index contributed by atoms with van der Waals surface area (Å²) in [7, 11) is 0. The highest BCUT2D eigenvalue weighted by Crippen LogP contribution is 2.16. The summed E-state index contributed by atoms with van der Waals surface area (Å²) < 4.78 is 0. The van der Waals surface area contributed by atoms with Crippen LogP contribution in [0.1, 0.15) is 36.5 Å². The van der Waals surface area contributed by atoms with Crippen molar-refractivity contribution in [3.8, 4) is 6.07 Å². The fourth-order valence-electron chi connectivity index (χ4n) is 1.84. The van der Waals surface area contributed by atoms with Crippen LogP contribution in [0, 0.1) is 11.3 Å². The average molecular weight is 251 g/mol. The van der Waals surface area contributed by atoms with Gasteiger partial charge in [0.25, 0.3) is 0 Å². The standard InChI is InChI=1S/C16H17N3/c1-12(2)14-7-5-13(6-8-14)11-19-16-15(10-17)4-3-9-18-16/h3-9,12H,11H2,1-2H3,(H,18,19). The molecule has 2 aromatic rings. The van der Waals surface area contributed by atoms with E-state index in [4.69, 9.17) is 5.26 Å². The van der Waals surface area contributed by atoms with Gasteiger partial charge < -0.3 is 5.32 Å². The molecule has 3 nitrogen and oxygen atoms in total. The molecule has 0 aliphatic rings. The van der Waals surface area contributed by atoms with E-state index < -0.39 is 0 Å². The molecule has 0 aliphatic heterocycles. The van der Waals surface area contributed by atoms with E-state index in [1.54, 1.807) is 18.3 Å². The highest BCUT2D eigenvalue weighted by molar-refractivity contribution is 5.51. The molecular weight excluding hydrogens is 234 g/mol. The Morgan fingerprint density at radius 2 is 1.95 bits per heavy atom. The van der Waals surface area contributed by atoms with Gasteiger partial charge in [0.05, 0.1) is 5.56 Å². The maximum atomic E-state index is 8.98. The second-order valence-electron chi connectivity index (χ2n) is 4.76. The fourth-order valence-corrected chi connectivity index (χ4v) is 1.84. The Labute approximate surface area is 113 Å². The third-order valence-electron chi connectivity index (χ3n) is 3.03. The van der Waals surface area contributed by atoms with Crippen molar-refractivity contribution in [1.29, 1.82) is 5.26 Å². The summed E-state index contributed by atoms with van der Waals surface area (Å²) in [5.41, 5.74) is 3.08. The lowest BCUT2D eigenvalue weighted by atomic mass is 10.0. The summed E-state index contributed by atoms with van der Waals surface area (Å²) >= 11 is 0. The summed E-state index contributed by atoms with van der Waals surface area (Å²) in [6, 6.07) is 14.2. The van der Waals surface area contributed by atoms with Crippen LogP contribution in [0.15, 0.2) is 42.6 Å². The molecule has 1 aromatic heterocycles. The number of hydrogen-bond acceptors (Lipinski definition) is 3. The quantitative estimate of drug-likeness (QED) is 0.901. The predicted octanol–water partition coefficient (Wildman–Crippen LogP) is 3.69. The molecule has 0 radical (unpaired) electrons. The molecule has 1 N–H and O–H groups in total. The number of nitrogens with zero attached hydrogens (tertiary/aromatic N) is 2. The Bertz CT molecular complexity index is 580. The monoisotopic (exact) mass is 251 g/mol. The van der Waals surface area contributed by atoms with E-state index >= 15 is 0 Å². The zero-order valence-electron chi connectivity index (χ0n) is 11.2. The second-order valence-corrected chi connectivity index (χ2v) is 4.76. The first-order valence-electron chi connectivity index (χ1n) is 6.38. The van der Waals surface area contributed by atoms with Crippen LogP contribution >= 0.6 is 0 Å². The van der Waals surface area contributed by atoms with Crippen molar-refractivity contribution in [2.45, 2.75) is 26.3 Å². The third-order valence-corrected chi connectivity index (χ3v) is 3.03. The number of aromatic nitrogens is 1. The Kier molecular flexibility index (Phi) is 4.15. The average Bonchev–Trinajstić information content (AvgIpc) is 2.45. The summed E-state index contributed by atoms with van der Waals surface area (Å²) in [6.45, 7) is 5.03. The van der Waals surface area contributed by atoms with Gasteiger partial charge in [0.1, 0.15) is 11.9 Å². The van der Waals surface area contributed by atoms with Crippen molar-refractivity contribution >= 4 is 5.82 Å². The van der Waals surface area contributed by atoms with Gasteiger partial charge in [-0.05, 0) is 29.2 Å². The molecule has 0 unspecified atom stereocenters. The minimum absolute atomic E-state index is 0.544. The molecule has 0 saturated heterocycles. The molecule has 2 rings (SSSR count). The van der Waals surface area contributed by atoms with Gasteiger partial charge in [-0.3, -0.25) is 0 Å². The van der Waals surface area contributed by atoms with Crippen LogP contribution in [0.3, 0.4) is 0 Å². The maximum Gasteiger partial charge on any atom is 0.144 e. The SMILES string of the molecule is CC(C)c1ccc(CNc2ncccc2C#N)cc1. The maximum absolute atomic E-state index is 8.98. The van der Waals surface area contributed by atoms with Crippen molar-refractivity contribution in [2.24, 2.45) is 0 Å². The van der Waals surface area contributed by atoms with E-state index in [0.29, 0.717) is 23.8 Å². The zero-order valence-corrected chi connectivity index (χ0v) is 11.2. The number of anilines is 1. The Morgan fingerprint density at radius 3 is 2.58 bits per heavy atom. The van der Waals surface area contributed by atoms with Crippen LogP contribution in [0.4, 0.5) is 5.82 Å². The molecule has 0 bridgehead atoms. The highest BCUT2D eigenvalue weighted by Gasteiger charge is 2.02. The Hall–Kier alpha value is -2.34. The number of rotatable bonds is 4. The molecule has 0 amide bonds. The number of pyridine rings is 1. The molecular formula is C16H17N3. The molecule has 3 heteroatoms. The molecule has 19 heavy (non-hydrogen) atoms. The summed E-state index contributed by atoms with van der Waals surface area (Å²) in [5.74, 6) is 1.18.